The van der Waals surface area contributed by atoms with Crippen molar-refractivity contribution >= 4 is 27.6 Å². The van der Waals surface area contributed by atoms with Crippen LogP contribution in [0.25, 0.3) is 0 Å². The van der Waals surface area contributed by atoms with Crippen LogP contribution in [0.4, 0.5) is 11.6 Å². The summed E-state index contributed by atoms with van der Waals surface area (Å²) >= 11 is 3.28. The van der Waals surface area contributed by atoms with Crippen molar-refractivity contribution in [3.05, 3.63) is 41.1 Å². The molecule has 0 saturated heterocycles. The zero-order chi connectivity index (χ0) is 11.4. The second-order valence-corrected chi connectivity index (χ2v) is 4.00. The van der Waals surface area contributed by atoms with E-state index >= 15 is 0 Å². The third-order valence-electron chi connectivity index (χ3n) is 1.95. The van der Waals surface area contributed by atoms with Gasteiger partial charge in [-0.1, -0.05) is 6.07 Å². The van der Waals surface area contributed by atoms with E-state index in [9.17, 15) is 0 Å². The van der Waals surface area contributed by atoms with Gasteiger partial charge in [-0.25, -0.2) is 9.97 Å². The third-order valence-corrected chi connectivity index (χ3v) is 2.36. The Morgan fingerprint density at radius 3 is 2.69 bits per heavy atom. The number of hydrogen-bond donors (Lipinski definition) is 1. The van der Waals surface area contributed by atoms with Crippen LogP contribution < -0.4 is 10.1 Å². The van der Waals surface area contributed by atoms with E-state index in [-0.39, 0.29) is 0 Å². The summed E-state index contributed by atoms with van der Waals surface area (Å²) in [6, 6.07) is 7.59. The van der Waals surface area contributed by atoms with E-state index in [1.807, 2.05) is 24.3 Å². The average molecular weight is 280 g/mol. The van der Waals surface area contributed by atoms with Gasteiger partial charge in [0.15, 0.2) is 0 Å². The molecule has 0 fully saturated rings. The van der Waals surface area contributed by atoms with Gasteiger partial charge < -0.3 is 10.1 Å². The number of halogens is 1. The topological polar surface area (TPSA) is 47.0 Å². The van der Waals surface area contributed by atoms with E-state index in [1.165, 1.54) is 0 Å². The first-order valence-electron chi connectivity index (χ1n) is 4.66. The van der Waals surface area contributed by atoms with Gasteiger partial charge in [0, 0.05) is 24.1 Å². The summed E-state index contributed by atoms with van der Waals surface area (Å²) in [4.78, 5) is 8.24. The Morgan fingerprint density at radius 1 is 1.25 bits per heavy atom. The summed E-state index contributed by atoms with van der Waals surface area (Å²) in [7, 11) is 1.63. The van der Waals surface area contributed by atoms with E-state index in [1.54, 1.807) is 19.5 Å². The van der Waals surface area contributed by atoms with Gasteiger partial charge in [0.1, 0.15) is 5.75 Å². The molecule has 0 aliphatic rings. The molecule has 2 rings (SSSR count). The number of anilines is 2. The van der Waals surface area contributed by atoms with Gasteiger partial charge in [-0.2, -0.15) is 0 Å². The molecular weight excluding hydrogens is 270 g/mol. The number of nitrogens with one attached hydrogen (secondary N) is 1. The molecule has 0 aliphatic heterocycles. The van der Waals surface area contributed by atoms with Crippen LogP contribution >= 0.6 is 15.9 Å². The lowest BCUT2D eigenvalue weighted by Gasteiger charge is -2.06. The predicted molar refractivity (Wildman–Crippen MR) is 66.0 cm³/mol. The first kappa shape index (κ1) is 10.9. The van der Waals surface area contributed by atoms with Crippen molar-refractivity contribution < 1.29 is 4.74 Å². The molecule has 5 heteroatoms. The van der Waals surface area contributed by atoms with E-state index < -0.39 is 0 Å². The van der Waals surface area contributed by atoms with Crippen molar-refractivity contribution in [2.45, 2.75) is 0 Å². The van der Waals surface area contributed by atoms with Crippen LogP contribution in [0, 0.1) is 0 Å². The van der Waals surface area contributed by atoms with Gasteiger partial charge >= 0.3 is 0 Å². The summed E-state index contributed by atoms with van der Waals surface area (Å²) < 4.78 is 5.97. The number of aromatic nitrogens is 2. The summed E-state index contributed by atoms with van der Waals surface area (Å²) in [5, 5.41) is 3.08. The molecule has 1 heterocycles. The molecule has 1 aromatic carbocycles. The minimum absolute atomic E-state index is 0.552. The molecule has 0 spiro atoms. The lowest BCUT2D eigenvalue weighted by molar-refractivity contribution is 0.415. The van der Waals surface area contributed by atoms with Crippen LogP contribution in [-0.4, -0.2) is 17.1 Å². The Hall–Kier alpha value is -1.62. The van der Waals surface area contributed by atoms with E-state index in [0.29, 0.717) is 5.95 Å². The quantitative estimate of drug-likeness (QED) is 0.938. The zero-order valence-corrected chi connectivity index (χ0v) is 10.2. The Bertz CT molecular complexity index is 473. The normalized spacial score (nSPS) is 9.88. The van der Waals surface area contributed by atoms with E-state index in [2.05, 4.69) is 31.2 Å². The van der Waals surface area contributed by atoms with Crippen molar-refractivity contribution in [1.82, 2.24) is 9.97 Å². The molecule has 0 atom stereocenters. The summed E-state index contributed by atoms with van der Waals surface area (Å²) in [5.41, 5.74) is 0.890. The molecule has 0 amide bonds. The van der Waals surface area contributed by atoms with Gasteiger partial charge in [0.25, 0.3) is 0 Å². The van der Waals surface area contributed by atoms with Crippen LogP contribution in [-0.2, 0) is 0 Å². The van der Waals surface area contributed by atoms with Crippen LogP contribution in [0.2, 0.25) is 0 Å². The molecule has 1 aromatic heterocycles. The van der Waals surface area contributed by atoms with Crippen molar-refractivity contribution in [1.29, 1.82) is 0 Å². The predicted octanol–water partition coefficient (Wildman–Crippen LogP) is 2.99. The first-order valence-corrected chi connectivity index (χ1v) is 5.46. The van der Waals surface area contributed by atoms with Crippen LogP contribution in [0.15, 0.2) is 41.1 Å². The maximum atomic E-state index is 5.12. The van der Waals surface area contributed by atoms with Crippen LogP contribution in [0.5, 0.6) is 5.75 Å². The van der Waals surface area contributed by atoms with Gasteiger partial charge in [-0.05, 0) is 28.1 Å². The molecule has 0 bridgehead atoms. The molecule has 2 aromatic rings. The van der Waals surface area contributed by atoms with E-state index in [0.717, 1.165) is 15.9 Å². The fourth-order valence-corrected chi connectivity index (χ4v) is 1.41. The largest absolute Gasteiger partial charge is 0.497 e. The zero-order valence-electron chi connectivity index (χ0n) is 8.64. The maximum Gasteiger partial charge on any atom is 0.227 e. The number of benzene rings is 1. The van der Waals surface area contributed by atoms with Crippen LogP contribution in [0.3, 0.4) is 0 Å². The molecule has 0 saturated carbocycles. The average Bonchev–Trinajstić information content (AvgIpc) is 2.32. The van der Waals surface area contributed by atoms with Gasteiger partial charge in [-0.15, -0.1) is 0 Å². The minimum atomic E-state index is 0.552. The standard InChI is InChI=1S/C11H10BrN3O/c1-16-10-4-2-3-9(5-10)15-11-13-6-8(12)7-14-11/h2-7H,1H3,(H,13,14,15). The Morgan fingerprint density at radius 2 is 2.00 bits per heavy atom. The lowest BCUT2D eigenvalue weighted by Crippen LogP contribution is -1.96. The van der Waals surface area contributed by atoms with Gasteiger partial charge in [0.2, 0.25) is 5.95 Å². The summed E-state index contributed by atoms with van der Waals surface area (Å²) in [5.74, 6) is 1.35. The molecule has 1 N–H and O–H groups in total. The summed E-state index contributed by atoms with van der Waals surface area (Å²) in [6.07, 6.45) is 3.38. The highest BCUT2D eigenvalue weighted by molar-refractivity contribution is 9.10. The second kappa shape index (κ2) is 4.94. The first-order chi connectivity index (χ1) is 7.78. The molecule has 4 nitrogen and oxygen atoms in total. The molecule has 0 unspecified atom stereocenters. The van der Waals surface area contributed by atoms with Crippen LogP contribution in [0.1, 0.15) is 0 Å². The highest BCUT2D eigenvalue weighted by atomic mass is 79.9. The highest BCUT2D eigenvalue weighted by Gasteiger charge is 1.98. The fourth-order valence-electron chi connectivity index (χ4n) is 1.21. The second-order valence-electron chi connectivity index (χ2n) is 3.08. The third kappa shape index (κ3) is 2.70. The molecule has 0 radical (unpaired) electrons. The van der Waals surface area contributed by atoms with Gasteiger partial charge in [0.05, 0.1) is 11.6 Å². The summed E-state index contributed by atoms with van der Waals surface area (Å²) in [6.45, 7) is 0. The Labute approximate surface area is 102 Å². The van der Waals surface area contributed by atoms with Crippen molar-refractivity contribution in [3.63, 3.8) is 0 Å². The van der Waals surface area contributed by atoms with Gasteiger partial charge in [-0.3, -0.25) is 0 Å². The molecule has 16 heavy (non-hydrogen) atoms. The lowest BCUT2D eigenvalue weighted by atomic mass is 10.3. The van der Waals surface area contributed by atoms with Crippen molar-refractivity contribution in [2.75, 3.05) is 12.4 Å². The molecular formula is C11H10BrN3O. The monoisotopic (exact) mass is 279 g/mol. The Kier molecular flexibility index (Phi) is 3.36. The SMILES string of the molecule is COc1cccc(Nc2ncc(Br)cn2)c1. The number of methoxy groups -OCH3 is 1. The number of hydrogen-bond acceptors (Lipinski definition) is 4. The number of ether oxygens (including phenoxy) is 1. The highest BCUT2D eigenvalue weighted by Crippen LogP contribution is 2.19. The number of rotatable bonds is 3. The number of nitrogens with zero attached hydrogens (tertiary/aromatic N) is 2. The smallest absolute Gasteiger partial charge is 0.227 e. The maximum absolute atomic E-state index is 5.12. The fraction of sp³-hybridized carbons (Fsp3) is 0.0909. The molecule has 0 aliphatic carbocycles. The molecule has 82 valence electrons. The van der Waals surface area contributed by atoms with Crippen molar-refractivity contribution in [3.8, 4) is 5.75 Å². The van der Waals surface area contributed by atoms with E-state index in [4.69, 9.17) is 4.74 Å². The Balaban J connectivity index is 2.16. The van der Waals surface area contributed by atoms with Crippen molar-refractivity contribution in [2.24, 2.45) is 0 Å². The minimum Gasteiger partial charge on any atom is -0.497 e.